The summed E-state index contributed by atoms with van der Waals surface area (Å²) in [6.07, 6.45) is 1.69. The predicted octanol–water partition coefficient (Wildman–Crippen LogP) is 3.56. The SMILES string of the molecule is O=C1NCCc2c1nc(-c1ccccc1)nc2N1CCC(c2ccc(F)cc2)C1. The molecule has 0 aliphatic carbocycles. The Labute approximate surface area is 168 Å². The molecule has 2 aromatic carbocycles. The molecule has 2 aliphatic rings. The lowest BCUT2D eigenvalue weighted by molar-refractivity contribution is 0.0940. The van der Waals surface area contributed by atoms with E-state index in [-0.39, 0.29) is 11.7 Å². The van der Waals surface area contributed by atoms with Crippen LogP contribution >= 0.6 is 0 Å². The van der Waals surface area contributed by atoms with Crippen molar-refractivity contribution >= 4 is 11.7 Å². The van der Waals surface area contributed by atoms with Crippen LogP contribution in [0.25, 0.3) is 11.4 Å². The Morgan fingerprint density at radius 3 is 2.62 bits per heavy atom. The molecular formula is C23H21FN4O. The number of carbonyl (C=O) groups is 1. The van der Waals surface area contributed by atoms with Crippen molar-refractivity contribution in [3.05, 3.63) is 77.2 Å². The molecule has 5 nitrogen and oxygen atoms in total. The third-order valence-electron chi connectivity index (χ3n) is 5.72. The van der Waals surface area contributed by atoms with E-state index in [0.29, 0.717) is 24.0 Å². The standard InChI is InChI=1S/C23H21FN4O/c24-18-8-6-15(7-9-18)17-11-13-28(14-17)22-19-10-12-25-23(29)20(19)26-21(27-22)16-4-2-1-3-5-16/h1-9,17H,10-14H2,(H,25,29). The van der Waals surface area contributed by atoms with Crippen molar-refractivity contribution in [2.45, 2.75) is 18.8 Å². The summed E-state index contributed by atoms with van der Waals surface area (Å²) >= 11 is 0. The Morgan fingerprint density at radius 1 is 1.03 bits per heavy atom. The first kappa shape index (κ1) is 17.8. The van der Waals surface area contributed by atoms with Crippen molar-refractivity contribution in [3.8, 4) is 11.4 Å². The van der Waals surface area contributed by atoms with Gasteiger partial charge >= 0.3 is 0 Å². The van der Waals surface area contributed by atoms with Gasteiger partial charge in [-0.15, -0.1) is 0 Å². The summed E-state index contributed by atoms with van der Waals surface area (Å²) in [5.74, 6) is 1.39. The number of carbonyl (C=O) groups excluding carboxylic acids is 1. The maximum Gasteiger partial charge on any atom is 0.270 e. The lowest BCUT2D eigenvalue weighted by Crippen LogP contribution is -2.35. The molecule has 1 atom stereocenters. The maximum atomic E-state index is 13.3. The van der Waals surface area contributed by atoms with Crippen molar-refractivity contribution in [1.82, 2.24) is 15.3 Å². The van der Waals surface area contributed by atoms with Crippen LogP contribution in [0.2, 0.25) is 0 Å². The number of anilines is 1. The molecule has 29 heavy (non-hydrogen) atoms. The fraction of sp³-hybridized carbons (Fsp3) is 0.261. The quantitative estimate of drug-likeness (QED) is 0.745. The van der Waals surface area contributed by atoms with Crippen molar-refractivity contribution in [1.29, 1.82) is 0 Å². The molecular weight excluding hydrogens is 367 g/mol. The summed E-state index contributed by atoms with van der Waals surface area (Å²) in [4.78, 5) is 24.2. The summed E-state index contributed by atoms with van der Waals surface area (Å²) in [5, 5.41) is 2.89. The minimum Gasteiger partial charge on any atom is -0.356 e. The zero-order valence-corrected chi connectivity index (χ0v) is 15.9. The molecule has 0 spiro atoms. The summed E-state index contributed by atoms with van der Waals surface area (Å²) in [7, 11) is 0. The predicted molar refractivity (Wildman–Crippen MR) is 109 cm³/mol. The fourth-order valence-corrected chi connectivity index (χ4v) is 4.21. The largest absolute Gasteiger partial charge is 0.356 e. The first-order valence-electron chi connectivity index (χ1n) is 9.94. The zero-order chi connectivity index (χ0) is 19.8. The molecule has 1 saturated heterocycles. The normalized spacial score (nSPS) is 18.4. The monoisotopic (exact) mass is 388 g/mol. The van der Waals surface area contributed by atoms with Crippen LogP contribution in [-0.2, 0) is 6.42 Å². The molecule has 1 N–H and O–H groups in total. The molecule has 2 aliphatic heterocycles. The Kier molecular flexibility index (Phi) is 4.46. The van der Waals surface area contributed by atoms with Crippen LogP contribution in [0, 0.1) is 5.82 Å². The van der Waals surface area contributed by atoms with Gasteiger partial charge in [-0.3, -0.25) is 4.79 Å². The van der Waals surface area contributed by atoms with E-state index in [1.165, 1.54) is 12.1 Å². The minimum absolute atomic E-state index is 0.138. The second kappa shape index (κ2) is 7.28. The third-order valence-corrected chi connectivity index (χ3v) is 5.72. The topological polar surface area (TPSA) is 58.1 Å². The number of nitrogens with one attached hydrogen (secondary N) is 1. The van der Waals surface area contributed by atoms with Crippen molar-refractivity contribution in [2.75, 3.05) is 24.5 Å². The Bertz CT molecular complexity index is 1050. The molecule has 0 saturated carbocycles. The van der Waals surface area contributed by atoms with Crippen LogP contribution in [-0.4, -0.2) is 35.5 Å². The van der Waals surface area contributed by atoms with Crippen LogP contribution in [0.5, 0.6) is 0 Å². The van der Waals surface area contributed by atoms with E-state index in [4.69, 9.17) is 4.98 Å². The lowest BCUT2D eigenvalue weighted by atomic mass is 9.98. The second-order valence-electron chi connectivity index (χ2n) is 7.55. The molecule has 1 aromatic heterocycles. The number of rotatable bonds is 3. The molecule has 6 heteroatoms. The van der Waals surface area contributed by atoms with Crippen molar-refractivity contribution in [2.24, 2.45) is 0 Å². The fourth-order valence-electron chi connectivity index (χ4n) is 4.21. The number of hydrogen-bond donors (Lipinski definition) is 1. The highest BCUT2D eigenvalue weighted by molar-refractivity contribution is 5.96. The first-order valence-corrected chi connectivity index (χ1v) is 9.94. The van der Waals surface area contributed by atoms with Gasteiger partial charge in [-0.2, -0.15) is 0 Å². The van der Waals surface area contributed by atoms with Gasteiger partial charge < -0.3 is 10.2 Å². The van der Waals surface area contributed by atoms with Gasteiger partial charge in [0.25, 0.3) is 5.91 Å². The van der Waals surface area contributed by atoms with Gasteiger partial charge in [0.1, 0.15) is 17.3 Å². The van der Waals surface area contributed by atoms with Gasteiger partial charge in [0.15, 0.2) is 5.82 Å². The number of fused-ring (bicyclic) bond motifs is 1. The molecule has 146 valence electrons. The van der Waals surface area contributed by atoms with E-state index in [9.17, 15) is 9.18 Å². The van der Waals surface area contributed by atoms with E-state index < -0.39 is 0 Å². The van der Waals surface area contributed by atoms with E-state index >= 15 is 0 Å². The third kappa shape index (κ3) is 3.35. The van der Waals surface area contributed by atoms with Crippen LogP contribution in [0.3, 0.4) is 0 Å². The number of amides is 1. The number of halogens is 1. The second-order valence-corrected chi connectivity index (χ2v) is 7.55. The van der Waals surface area contributed by atoms with Gasteiger partial charge in [0.2, 0.25) is 0 Å². The highest BCUT2D eigenvalue weighted by Gasteiger charge is 2.31. The number of nitrogens with zero attached hydrogens (tertiary/aromatic N) is 3. The van der Waals surface area contributed by atoms with Gasteiger partial charge in [0, 0.05) is 36.7 Å². The average Bonchev–Trinajstić information content (AvgIpc) is 3.25. The summed E-state index contributed by atoms with van der Waals surface area (Å²) < 4.78 is 13.3. The molecule has 1 unspecified atom stereocenters. The Balaban J connectivity index is 1.53. The van der Waals surface area contributed by atoms with Gasteiger partial charge in [-0.05, 0) is 30.5 Å². The highest BCUT2D eigenvalue weighted by Crippen LogP contribution is 2.34. The van der Waals surface area contributed by atoms with Gasteiger partial charge in [-0.1, -0.05) is 42.5 Å². The molecule has 3 aromatic rings. The Morgan fingerprint density at radius 2 is 1.83 bits per heavy atom. The highest BCUT2D eigenvalue weighted by atomic mass is 19.1. The summed E-state index contributed by atoms with van der Waals surface area (Å²) in [6.45, 7) is 2.24. The molecule has 1 amide bonds. The average molecular weight is 388 g/mol. The van der Waals surface area contributed by atoms with E-state index in [1.54, 1.807) is 0 Å². The van der Waals surface area contributed by atoms with E-state index in [0.717, 1.165) is 48.4 Å². The van der Waals surface area contributed by atoms with Crippen molar-refractivity contribution in [3.63, 3.8) is 0 Å². The summed E-state index contributed by atoms with van der Waals surface area (Å²) in [6, 6.07) is 16.5. The van der Waals surface area contributed by atoms with Gasteiger partial charge in [-0.25, -0.2) is 14.4 Å². The smallest absolute Gasteiger partial charge is 0.270 e. The Hall–Kier alpha value is -3.28. The van der Waals surface area contributed by atoms with Crippen molar-refractivity contribution < 1.29 is 9.18 Å². The lowest BCUT2D eigenvalue weighted by Gasteiger charge is -2.25. The minimum atomic E-state index is -0.216. The number of hydrogen-bond acceptors (Lipinski definition) is 4. The summed E-state index contributed by atoms with van der Waals surface area (Å²) in [5.41, 5.74) is 3.43. The molecule has 1 fully saturated rings. The van der Waals surface area contributed by atoms with Crippen LogP contribution in [0.4, 0.5) is 10.2 Å². The number of aromatic nitrogens is 2. The molecule has 3 heterocycles. The first-order chi connectivity index (χ1) is 14.2. The van der Waals surface area contributed by atoms with E-state index in [2.05, 4.69) is 15.2 Å². The number of benzene rings is 2. The van der Waals surface area contributed by atoms with Gasteiger partial charge in [0.05, 0.1) is 0 Å². The van der Waals surface area contributed by atoms with Crippen LogP contribution < -0.4 is 10.2 Å². The van der Waals surface area contributed by atoms with Crippen LogP contribution in [0.1, 0.15) is 34.0 Å². The zero-order valence-electron chi connectivity index (χ0n) is 15.9. The molecule has 5 rings (SSSR count). The maximum absolute atomic E-state index is 13.3. The van der Waals surface area contributed by atoms with E-state index in [1.807, 2.05) is 42.5 Å². The molecule has 0 bridgehead atoms. The molecule has 0 radical (unpaired) electrons. The van der Waals surface area contributed by atoms with Crippen LogP contribution in [0.15, 0.2) is 54.6 Å².